The molecular weight excluding hydrogens is 362 g/mol. The zero-order valence-electron chi connectivity index (χ0n) is 16.8. The summed E-state index contributed by atoms with van der Waals surface area (Å²) in [4.78, 5) is 15.5. The Balaban J connectivity index is 1.75. The average Bonchev–Trinajstić information content (AvgIpc) is 2.87. The Kier molecular flexibility index (Phi) is 5.92. The number of nitrogens with zero attached hydrogens (tertiary/aromatic N) is 3. The van der Waals surface area contributed by atoms with Crippen LogP contribution in [0.1, 0.15) is 45.6 Å². The van der Waals surface area contributed by atoms with E-state index in [1.54, 1.807) is 11.8 Å². The van der Waals surface area contributed by atoms with E-state index in [2.05, 4.69) is 10.00 Å². The fourth-order valence-electron chi connectivity index (χ4n) is 4.14. The van der Waals surface area contributed by atoms with Crippen molar-refractivity contribution in [2.24, 2.45) is 13.0 Å². The van der Waals surface area contributed by atoms with Crippen molar-refractivity contribution in [2.75, 3.05) is 20.2 Å². The topological polar surface area (TPSA) is 47.4 Å². The summed E-state index contributed by atoms with van der Waals surface area (Å²) in [5, 5.41) is 5.08. The summed E-state index contributed by atoms with van der Waals surface area (Å²) in [5.74, 6) is 1.10. The smallest absolute Gasteiger partial charge is 0.167 e. The number of carbonyl (C=O) groups is 1. The summed E-state index contributed by atoms with van der Waals surface area (Å²) in [7, 11) is 3.52. The van der Waals surface area contributed by atoms with Crippen molar-refractivity contribution >= 4 is 17.4 Å². The van der Waals surface area contributed by atoms with E-state index < -0.39 is 0 Å². The Morgan fingerprint density at radius 3 is 2.52 bits per heavy atom. The fourth-order valence-corrected chi connectivity index (χ4v) is 4.37. The molecule has 1 aliphatic heterocycles. The second kappa shape index (κ2) is 8.03. The van der Waals surface area contributed by atoms with Crippen LogP contribution in [-0.2, 0) is 13.6 Å². The number of carbonyl (C=O) groups excluding carboxylic acids is 1. The van der Waals surface area contributed by atoms with Crippen molar-refractivity contribution in [1.29, 1.82) is 0 Å². The number of piperidine rings is 1. The Labute approximate surface area is 166 Å². The van der Waals surface area contributed by atoms with Crippen LogP contribution >= 0.6 is 11.6 Å². The molecule has 146 valence electrons. The van der Waals surface area contributed by atoms with E-state index in [-0.39, 0.29) is 11.7 Å². The average molecular weight is 390 g/mol. The number of ketones is 1. The number of hydrogen-bond donors (Lipinski definition) is 0. The Morgan fingerprint density at radius 1 is 1.30 bits per heavy atom. The first-order valence-electron chi connectivity index (χ1n) is 9.41. The van der Waals surface area contributed by atoms with E-state index >= 15 is 0 Å². The van der Waals surface area contributed by atoms with Crippen LogP contribution in [0.2, 0.25) is 5.15 Å². The van der Waals surface area contributed by atoms with Crippen LogP contribution in [0.4, 0.5) is 0 Å². The minimum atomic E-state index is 0.0155. The molecule has 5 nitrogen and oxygen atoms in total. The molecule has 0 unspecified atom stereocenters. The molecule has 1 fully saturated rings. The van der Waals surface area contributed by atoms with Crippen molar-refractivity contribution in [3.05, 3.63) is 45.2 Å². The van der Waals surface area contributed by atoms with Gasteiger partial charge in [-0.3, -0.25) is 14.4 Å². The van der Waals surface area contributed by atoms with Crippen LogP contribution in [-0.4, -0.2) is 40.7 Å². The highest BCUT2D eigenvalue weighted by Gasteiger charge is 2.28. The quantitative estimate of drug-likeness (QED) is 0.722. The van der Waals surface area contributed by atoms with Gasteiger partial charge in [-0.15, -0.1) is 0 Å². The first kappa shape index (κ1) is 19.9. The third-order valence-electron chi connectivity index (χ3n) is 5.48. The van der Waals surface area contributed by atoms with Gasteiger partial charge in [-0.05, 0) is 63.4 Å². The number of methoxy groups -OCH3 is 1. The molecule has 27 heavy (non-hydrogen) atoms. The zero-order valence-corrected chi connectivity index (χ0v) is 17.6. The third kappa shape index (κ3) is 4.04. The number of ether oxygens (including phenoxy) is 1. The minimum absolute atomic E-state index is 0.0155. The Bertz CT molecular complexity index is 836. The molecule has 0 aliphatic carbocycles. The van der Waals surface area contributed by atoms with Gasteiger partial charge in [-0.2, -0.15) is 5.10 Å². The molecule has 0 radical (unpaired) electrons. The number of aromatic nitrogens is 2. The van der Waals surface area contributed by atoms with Gasteiger partial charge in [0.25, 0.3) is 0 Å². The molecule has 1 aliphatic rings. The standard InChI is InChI=1S/C21H28ClN3O2/c1-13-9-17(10-14(2)20(13)27-5)19(26)16-7-6-8-25(11-16)12-18-15(3)23-24(4)21(18)22/h9-10,16H,6-8,11-12H2,1-5H3/t16-/m0/s1. The number of halogens is 1. The molecule has 6 heteroatoms. The second-order valence-corrected chi connectivity index (χ2v) is 7.92. The predicted molar refractivity (Wildman–Crippen MR) is 108 cm³/mol. The molecule has 1 aromatic heterocycles. The van der Waals surface area contributed by atoms with E-state index in [0.29, 0.717) is 5.15 Å². The van der Waals surface area contributed by atoms with E-state index in [4.69, 9.17) is 16.3 Å². The third-order valence-corrected chi connectivity index (χ3v) is 5.95. The first-order chi connectivity index (χ1) is 12.8. The maximum Gasteiger partial charge on any atom is 0.167 e. The zero-order chi connectivity index (χ0) is 19.7. The highest BCUT2D eigenvalue weighted by molar-refractivity contribution is 6.30. The van der Waals surface area contributed by atoms with Gasteiger partial charge in [0.05, 0.1) is 12.8 Å². The Hall–Kier alpha value is -1.85. The van der Waals surface area contributed by atoms with Crippen molar-refractivity contribution in [3.8, 4) is 5.75 Å². The van der Waals surface area contributed by atoms with E-state index in [1.165, 1.54) is 0 Å². The molecular formula is C21H28ClN3O2. The van der Waals surface area contributed by atoms with Gasteiger partial charge in [0.1, 0.15) is 10.9 Å². The van der Waals surface area contributed by atoms with E-state index in [9.17, 15) is 4.79 Å². The lowest BCUT2D eigenvalue weighted by atomic mass is 9.88. The molecule has 0 N–H and O–H groups in total. The van der Waals surface area contributed by atoms with Gasteiger partial charge >= 0.3 is 0 Å². The van der Waals surface area contributed by atoms with Gasteiger partial charge in [0.15, 0.2) is 5.78 Å². The number of hydrogen-bond acceptors (Lipinski definition) is 4. The lowest BCUT2D eigenvalue weighted by Gasteiger charge is -2.32. The van der Waals surface area contributed by atoms with Crippen molar-refractivity contribution in [3.63, 3.8) is 0 Å². The van der Waals surface area contributed by atoms with Gasteiger partial charge in [-0.25, -0.2) is 0 Å². The normalized spacial score (nSPS) is 17.9. The number of likely N-dealkylation sites (tertiary alicyclic amines) is 1. The van der Waals surface area contributed by atoms with Crippen molar-refractivity contribution < 1.29 is 9.53 Å². The van der Waals surface area contributed by atoms with Crippen LogP contribution in [0.15, 0.2) is 12.1 Å². The molecule has 1 aromatic carbocycles. The largest absolute Gasteiger partial charge is 0.496 e. The van der Waals surface area contributed by atoms with Crippen LogP contribution in [0, 0.1) is 26.7 Å². The predicted octanol–water partition coefficient (Wildman–Crippen LogP) is 4.10. The van der Waals surface area contributed by atoms with Gasteiger partial charge < -0.3 is 4.74 Å². The highest BCUT2D eigenvalue weighted by atomic mass is 35.5. The summed E-state index contributed by atoms with van der Waals surface area (Å²) in [5.41, 5.74) is 4.81. The number of rotatable bonds is 5. The molecule has 3 rings (SSSR count). The summed E-state index contributed by atoms with van der Waals surface area (Å²) in [6.07, 6.45) is 1.95. The lowest BCUT2D eigenvalue weighted by molar-refractivity contribution is 0.0811. The van der Waals surface area contributed by atoms with Crippen LogP contribution in [0.25, 0.3) is 0 Å². The van der Waals surface area contributed by atoms with Crippen LogP contribution < -0.4 is 4.74 Å². The van der Waals surface area contributed by atoms with Gasteiger partial charge in [0.2, 0.25) is 0 Å². The van der Waals surface area contributed by atoms with Gasteiger partial charge in [-0.1, -0.05) is 11.6 Å². The first-order valence-corrected chi connectivity index (χ1v) is 9.79. The number of aryl methyl sites for hydroxylation is 4. The van der Waals surface area contributed by atoms with E-state index in [0.717, 1.165) is 66.2 Å². The summed E-state index contributed by atoms with van der Waals surface area (Å²) in [6.45, 7) is 8.44. The van der Waals surface area contributed by atoms with Gasteiger partial charge in [0, 0.05) is 37.2 Å². The monoisotopic (exact) mass is 389 g/mol. The molecule has 0 spiro atoms. The molecule has 2 heterocycles. The minimum Gasteiger partial charge on any atom is -0.496 e. The summed E-state index contributed by atoms with van der Waals surface area (Å²) >= 11 is 6.39. The fraction of sp³-hybridized carbons (Fsp3) is 0.524. The molecule has 0 amide bonds. The van der Waals surface area contributed by atoms with Crippen LogP contribution in [0.3, 0.4) is 0 Å². The maximum absolute atomic E-state index is 13.1. The maximum atomic E-state index is 13.1. The lowest BCUT2D eigenvalue weighted by Crippen LogP contribution is -2.38. The van der Waals surface area contributed by atoms with Crippen molar-refractivity contribution in [1.82, 2.24) is 14.7 Å². The van der Waals surface area contributed by atoms with Crippen molar-refractivity contribution in [2.45, 2.75) is 40.2 Å². The molecule has 1 atom stereocenters. The molecule has 0 bridgehead atoms. The molecule has 0 saturated carbocycles. The molecule has 1 saturated heterocycles. The second-order valence-electron chi connectivity index (χ2n) is 7.56. The SMILES string of the molecule is COc1c(C)cc(C(=O)[C@H]2CCCN(Cc3c(C)nn(C)c3Cl)C2)cc1C. The molecule has 2 aromatic rings. The van der Waals surface area contributed by atoms with Crippen LogP contribution in [0.5, 0.6) is 5.75 Å². The number of Topliss-reactive ketones (excluding diaryl/α,β-unsaturated/α-hetero) is 1. The van der Waals surface area contributed by atoms with E-state index in [1.807, 2.05) is 40.0 Å². The summed E-state index contributed by atoms with van der Waals surface area (Å²) < 4.78 is 7.13. The summed E-state index contributed by atoms with van der Waals surface area (Å²) in [6, 6.07) is 3.91. The number of benzene rings is 1. The highest BCUT2D eigenvalue weighted by Crippen LogP contribution is 2.29. The Morgan fingerprint density at radius 2 is 1.96 bits per heavy atom.